The number of aryl methyl sites for hydroxylation is 1. The summed E-state index contributed by atoms with van der Waals surface area (Å²) in [6.07, 6.45) is 3.42. The van der Waals surface area contributed by atoms with Crippen molar-refractivity contribution in [3.05, 3.63) is 70.5 Å². The van der Waals surface area contributed by atoms with Gasteiger partial charge >= 0.3 is 0 Å². The monoisotopic (exact) mass is 420 g/mol. The first-order valence-electron chi connectivity index (χ1n) is 8.36. The molecular formula is C21H13BrN2O3. The molecule has 2 aromatic heterocycles. The Morgan fingerprint density at radius 2 is 1.70 bits per heavy atom. The minimum Gasteiger partial charge on any atom is -0.464 e. The molecule has 1 aliphatic heterocycles. The molecule has 0 atom stereocenters. The van der Waals surface area contributed by atoms with Crippen LogP contribution in [0.3, 0.4) is 0 Å². The number of aromatic nitrogens is 1. The SMILES string of the molecule is Cn1cc(C2=C(c3coc4ccc(Br)cc34)C(=O)NC2=O)c2ccccc21. The smallest absolute Gasteiger partial charge is 0.259 e. The lowest BCUT2D eigenvalue weighted by molar-refractivity contribution is -0.122. The highest BCUT2D eigenvalue weighted by atomic mass is 79.9. The molecule has 0 aliphatic carbocycles. The predicted molar refractivity (Wildman–Crippen MR) is 107 cm³/mol. The van der Waals surface area contributed by atoms with Gasteiger partial charge in [-0.25, -0.2) is 0 Å². The van der Waals surface area contributed by atoms with Crippen molar-refractivity contribution in [3.63, 3.8) is 0 Å². The van der Waals surface area contributed by atoms with Crippen LogP contribution >= 0.6 is 15.9 Å². The second-order valence-corrected chi connectivity index (χ2v) is 7.41. The van der Waals surface area contributed by atoms with E-state index in [2.05, 4.69) is 21.2 Å². The van der Waals surface area contributed by atoms with Crippen molar-refractivity contribution in [2.75, 3.05) is 0 Å². The lowest BCUT2D eigenvalue weighted by Crippen LogP contribution is -2.22. The molecule has 0 saturated carbocycles. The number of furan rings is 1. The Kier molecular flexibility index (Phi) is 3.39. The number of benzene rings is 2. The summed E-state index contributed by atoms with van der Waals surface area (Å²) in [7, 11) is 1.92. The van der Waals surface area contributed by atoms with Gasteiger partial charge in [-0.2, -0.15) is 0 Å². The minimum atomic E-state index is -0.411. The number of halogens is 1. The number of nitrogens with one attached hydrogen (secondary N) is 1. The molecule has 5 nitrogen and oxygen atoms in total. The number of hydrogen-bond donors (Lipinski definition) is 1. The number of amides is 2. The molecule has 3 heterocycles. The first-order valence-corrected chi connectivity index (χ1v) is 9.15. The Balaban J connectivity index is 1.86. The molecule has 0 fully saturated rings. The molecule has 0 spiro atoms. The van der Waals surface area contributed by atoms with E-state index in [1.165, 1.54) is 6.26 Å². The second-order valence-electron chi connectivity index (χ2n) is 6.49. The van der Waals surface area contributed by atoms with E-state index in [-0.39, 0.29) is 0 Å². The molecule has 0 saturated heterocycles. The zero-order valence-corrected chi connectivity index (χ0v) is 15.8. The molecule has 0 radical (unpaired) electrons. The summed E-state index contributed by atoms with van der Waals surface area (Å²) in [5, 5.41) is 4.14. The minimum absolute atomic E-state index is 0.341. The maximum Gasteiger partial charge on any atom is 0.259 e. The number of carbonyl (C=O) groups excluding carboxylic acids is 2. The molecule has 132 valence electrons. The number of rotatable bonds is 2. The summed E-state index contributed by atoms with van der Waals surface area (Å²) in [5.41, 5.74) is 3.71. The third-order valence-electron chi connectivity index (χ3n) is 4.90. The summed E-state index contributed by atoms with van der Waals surface area (Å²) >= 11 is 3.45. The van der Waals surface area contributed by atoms with Crippen molar-refractivity contribution in [2.45, 2.75) is 0 Å². The van der Waals surface area contributed by atoms with Gasteiger partial charge in [0.25, 0.3) is 11.8 Å². The van der Waals surface area contributed by atoms with Gasteiger partial charge in [-0.05, 0) is 24.3 Å². The van der Waals surface area contributed by atoms with Crippen molar-refractivity contribution in [1.29, 1.82) is 0 Å². The lowest BCUT2D eigenvalue weighted by atomic mass is 9.95. The molecule has 2 aromatic carbocycles. The topological polar surface area (TPSA) is 64.2 Å². The van der Waals surface area contributed by atoms with Crippen molar-refractivity contribution in [3.8, 4) is 0 Å². The van der Waals surface area contributed by atoms with Crippen LogP contribution < -0.4 is 5.32 Å². The fraction of sp³-hybridized carbons (Fsp3) is 0.0476. The third kappa shape index (κ3) is 2.30. The molecule has 1 N–H and O–H groups in total. The van der Waals surface area contributed by atoms with Gasteiger partial charge in [-0.15, -0.1) is 0 Å². The molecular weight excluding hydrogens is 408 g/mol. The number of fused-ring (bicyclic) bond motifs is 2. The number of carbonyl (C=O) groups is 2. The summed E-state index contributed by atoms with van der Waals surface area (Å²) in [6, 6.07) is 13.4. The van der Waals surface area contributed by atoms with Crippen LogP contribution in [-0.2, 0) is 16.6 Å². The van der Waals surface area contributed by atoms with E-state index in [9.17, 15) is 9.59 Å². The second kappa shape index (κ2) is 5.69. The molecule has 4 aromatic rings. The van der Waals surface area contributed by atoms with Crippen LogP contribution in [0.25, 0.3) is 33.0 Å². The number of imide groups is 1. The molecule has 5 rings (SSSR count). The van der Waals surface area contributed by atoms with Crippen molar-refractivity contribution in [2.24, 2.45) is 7.05 Å². The average molecular weight is 421 g/mol. The zero-order valence-electron chi connectivity index (χ0n) is 14.2. The quantitative estimate of drug-likeness (QED) is 0.492. The summed E-state index contributed by atoms with van der Waals surface area (Å²) in [5.74, 6) is -0.804. The van der Waals surface area contributed by atoms with Crippen LogP contribution in [0.15, 0.2) is 63.8 Å². The molecule has 6 heteroatoms. The van der Waals surface area contributed by atoms with Crippen molar-refractivity contribution in [1.82, 2.24) is 9.88 Å². The van der Waals surface area contributed by atoms with E-state index >= 15 is 0 Å². The highest BCUT2D eigenvalue weighted by molar-refractivity contribution is 9.10. The largest absolute Gasteiger partial charge is 0.464 e. The zero-order chi connectivity index (χ0) is 18.7. The van der Waals surface area contributed by atoms with Crippen molar-refractivity contribution >= 4 is 60.8 Å². The van der Waals surface area contributed by atoms with Gasteiger partial charge < -0.3 is 8.98 Å². The summed E-state index contributed by atoms with van der Waals surface area (Å²) < 4.78 is 8.45. The van der Waals surface area contributed by atoms with E-state index in [1.807, 2.05) is 60.3 Å². The Morgan fingerprint density at radius 1 is 0.963 bits per heavy atom. The molecule has 0 unspecified atom stereocenters. The van der Waals surface area contributed by atoms with Gasteiger partial charge in [0, 0.05) is 45.1 Å². The van der Waals surface area contributed by atoms with Crippen LogP contribution in [0.4, 0.5) is 0 Å². The number of para-hydroxylation sites is 1. The fourth-order valence-corrected chi connectivity index (χ4v) is 4.07. The van der Waals surface area contributed by atoms with Gasteiger partial charge in [0.2, 0.25) is 0 Å². The molecule has 1 aliphatic rings. The normalized spacial score (nSPS) is 14.6. The van der Waals surface area contributed by atoms with Crippen LogP contribution in [0, 0.1) is 0 Å². The summed E-state index contributed by atoms with van der Waals surface area (Å²) in [6.45, 7) is 0. The van der Waals surface area contributed by atoms with Gasteiger partial charge in [0.1, 0.15) is 5.58 Å². The predicted octanol–water partition coefficient (Wildman–Crippen LogP) is 4.25. The van der Waals surface area contributed by atoms with Gasteiger partial charge in [0.05, 0.1) is 17.4 Å². The first-order chi connectivity index (χ1) is 13.0. The fourth-order valence-electron chi connectivity index (χ4n) is 3.70. The maximum absolute atomic E-state index is 12.7. The van der Waals surface area contributed by atoms with Crippen molar-refractivity contribution < 1.29 is 14.0 Å². The Bertz CT molecular complexity index is 1310. The van der Waals surface area contributed by atoms with Crippen LogP contribution in [-0.4, -0.2) is 16.4 Å². The van der Waals surface area contributed by atoms with E-state index in [0.29, 0.717) is 22.3 Å². The van der Waals surface area contributed by atoms with Crippen LogP contribution in [0.1, 0.15) is 11.1 Å². The van der Waals surface area contributed by atoms with E-state index in [4.69, 9.17) is 4.42 Å². The third-order valence-corrected chi connectivity index (χ3v) is 5.40. The number of nitrogens with zero attached hydrogens (tertiary/aromatic N) is 1. The first kappa shape index (κ1) is 16.1. The Morgan fingerprint density at radius 3 is 2.52 bits per heavy atom. The van der Waals surface area contributed by atoms with Crippen LogP contribution in [0.5, 0.6) is 0 Å². The number of hydrogen-bond acceptors (Lipinski definition) is 3. The standard InChI is InChI=1S/C21H13BrN2O3/c1-24-9-14(12-4-2-3-5-16(12)24)18-19(21(26)23-20(18)25)15-10-27-17-7-6-11(22)8-13(15)17/h2-10H,1H3,(H,23,25,26). The van der Waals surface area contributed by atoms with Gasteiger partial charge in [-0.1, -0.05) is 34.1 Å². The molecule has 27 heavy (non-hydrogen) atoms. The lowest BCUT2D eigenvalue weighted by Gasteiger charge is -2.02. The van der Waals surface area contributed by atoms with E-state index in [1.54, 1.807) is 0 Å². The highest BCUT2D eigenvalue weighted by Gasteiger charge is 2.35. The summed E-state index contributed by atoms with van der Waals surface area (Å²) in [4.78, 5) is 25.4. The van der Waals surface area contributed by atoms with Gasteiger partial charge in [0.15, 0.2) is 0 Å². The molecule has 2 amide bonds. The highest BCUT2D eigenvalue weighted by Crippen LogP contribution is 2.39. The Hall–Kier alpha value is -3.12. The Labute approximate surface area is 162 Å². The van der Waals surface area contributed by atoms with E-state index in [0.717, 1.165) is 26.3 Å². The maximum atomic E-state index is 12.7. The van der Waals surface area contributed by atoms with Crippen LogP contribution in [0.2, 0.25) is 0 Å². The average Bonchev–Trinajstić information content (AvgIpc) is 3.29. The van der Waals surface area contributed by atoms with E-state index < -0.39 is 11.8 Å². The van der Waals surface area contributed by atoms with Gasteiger partial charge in [-0.3, -0.25) is 14.9 Å². The molecule has 0 bridgehead atoms.